The molecular weight excluding hydrogens is 384 g/mol. The molecule has 0 atom stereocenters. The number of hydroxylamine groups is 1. The van der Waals surface area contributed by atoms with Crippen molar-refractivity contribution < 1.29 is 9.63 Å². The summed E-state index contributed by atoms with van der Waals surface area (Å²) in [6, 6.07) is 8.31. The number of aromatic amines is 1. The van der Waals surface area contributed by atoms with Crippen LogP contribution in [0.5, 0.6) is 0 Å². The number of carbonyl (C=O) groups is 1. The second-order valence-electron chi connectivity index (χ2n) is 7.45. The van der Waals surface area contributed by atoms with Crippen molar-refractivity contribution in [1.82, 2.24) is 25.3 Å². The van der Waals surface area contributed by atoms with Crippen LogP contribution in [0.1, 0.15) is 34.7 Å². The molecule has 1 saturated heterocycles. The lowest BCUT2D eigenvalue weighted by molar-refractivity contribution is 0.0536. The number of amides is 1. The molecule has 9 heteroatoms. The zero-order valence-electron chi connectivity index (χ0n) is 16.9. The Bertz CT molecular complexity index is 1100. The van der Waals surface area contributed by atoms with Gasteiger partial charge in [0.25, 0.3) is 5.91 Å². The molecule has 3 N–H and O–H groups in total. The highest BCUT2D eigenvalue weighted by molar-refractivity contribution is 5.96. The van der Waals surface area contributed by atoms with E-state index >= 15 is 0 Å². The van der Waals surface area contributed by atoms with Gasteiger partial charge in [-0.25, -0.2) is 10.5 Å². The first-order valence-electron chi connectivity index (χ1n) is 9.82. The summed E-state index contributed by atoms with van der Waals surface area (Å²) in [5.41, 5.74) is 4.14. The molecule has 1 aromatic carbocycles. The number of benzene rings is 1. The number of rotatable bonds is 5. The number of hydrogen-bond donors (Lipinski definition) is 3. The SMILES string of the molecule is CONC(=O)c1c[nH]c2nc(Nc3ccc(C4CCN(C)CC4)cc3)ncc2c1=O. The van der Waals surface area contributed by atoms with Crippen LogP contribution >= 0.6 is 0 Å². The fourth-order valence-electron chi connectivity index (χ4n) is 3.70. The minimum absolute atomic E-state index is 0.0712. The molecule has 0 spiro atoms. The smallest absolute Gasteiger partial charge is 0.280 e. The van der Waals surface area contributed by atoms with Gasteiger partial charge in [-0.15, -0.1) is 0 Å². The number of carbonyl (C=O) groups excluding carboxylic acids is 1. The van der Waals surface area contributed by atoms with Crippen molar-refractivity contribution in [3.05, 3.63) is 58.0 Å². The predicted molar refractivity (Wildman–Crippen MR) is 114 cm³/mol. The van der Waals surface area contributed by atoms with Gasteiger partial charge in [0, 0.05) is 18.1 Å². The molecule has 1 fully saturated rings. The third-order valence-corrected chi connectivity index (χ3v) is 5.43. The van der Waals surface area contributed by atoms with Gasteiger partial charge in [0.05, 0.1) is 12.5 Å². The molecule has 3 heterocycles. The first kappa shape index (κ1) is 20.0. The minimum atomic E-state index is -0.632. The van der Waals surface area contributed by atoms with Gasteiger partial charge in [-0.1, -0.05) is 12.1 Å². The summed E-state index contributed by atoms with van der Waals surface area (Å²) >= 11 is 0. The fourth-order valence-corrected chi connectivity index (χ4v) is 3.70. The van der Waals surface area contributed by atoms with Gasteiger partial charge in [0.1, 0.15) is 11.2 Å². The van der Waals surface area contributed by atoms with Crippen LogP contribution in [0.15, 0.2) is 41.5 Å². The number of pyridine rings is 1. The second kappa shape index (κ2) is 8.60. The molecular formula is C21H24N6O3. The quantitative estimate of drug-likeness (QED) is 0.555. The molecule has 4 rings (SSSR count). The molecule has 9 nitrogen and oxygen atoms in total. The Hall–Kier alpha value is -3.30. The van der Waals surface area contributed by atoms with Gasteiger partial charge >= 0.3 is 0 Å². The van der Waals surface area contributed by atoms with Crippen molar-refractivity contribution >= 4 is 28.6 Å². The third kappa shape index (κ3) is 4.17. The average molecular weight is 408 g/mol. The van der Waals surface area contributed by atoms with Crippen LogP contribution in [-0.4, -0.2) is 53.0 Å². The Morgan fingerprint density at radius 3 is 2.67 bits per heavy atom. The summed E-state index contributed by atoms with van der Waals surface area (Å²) in [5.74, 6) is 0.327. The van der Waals surface area contributed by atoms with Crippen molar-refractivity contribution in [2.24, 2.45) is 0 Å². The number of nitrogens with zero attached hydrogens (tertiary/aromatic N) is 3. The van der Waals surface area contributed by atoms with E-state index in [1.807, 2.05) is 12.1 Å². The normalized spacial score (nSPS) is 15.3. The number of aromatic nitrogens is 3. The Morgan fingerprint density at radius 1 is 1.23 bits per heavy atom. The summed E-state index contributed by atoms with van der Waals surface area (Å²) in [5, 5.41) is 3.38. The second-order valence-corrected chi connectivity index (χ2v) is 7.45. The van der Waals surface area contributed by atoms with Crippen molar-refractivity contribution in [3.63, 3.8) is 0 Å². The molecule has 30 heavy (non-hydrogen) atoms. The topological polar surface area (TPSA) is 112 Å². The lowest BCUT2D eigenvalue weighted by Gasteiger charge is -2.29. The maximum atomic E-state index is 12.5. The summed E-state index contributed by atoms with van der Waals surface area (Å²) in [7, 11) is 3.46. The maximum absolute atomic E-state index is 12.5. The van der Waals surface area contributed by atoms with E-state index < -0.39 is 11.3 Å². The van der Waals surface area contributed by atoms with E-state index in [9.17, 15) is 9.59 Å². The number of likely N-dealkylation sites (tertiary alicyclic amines) is 1. The molecule has 0 bridgehead atoms. The van der Waals surface area contributed by atoms with Gasteiger partial charge in [0.2, 0.25) is 11.4 Å². The van der Waals surface area contributed by atoms with Crippen molar-refractivity contribution in [2.45, 2.75) is 18.8 Å². The van der Waals surface area contributed by atoms with E-state index in [4.69, 9.17) is 0 Å². The first-order chi connectivity index (χ1) is 14.5. The molecule has 3 aromatic rings. The fraction of sp³-hybridized carbons (Fsp3) is 0.333. The Morgan fingerprint density at radius 2 is 1.97 bits per heavy atom. The average Bonchev–Trinajstić information content (AvgIpc) is 2.75. The molecule has 1 aliphatic rings. The van der Waals surface area contributed by atoms with E-state index in [1.54, 1.807) is 0 Å². The molecule has 156 valence electrons. The van der Waals surface area contributed by atoms with Gasteiger partial charge in [0.15, 0.2) is 0 Å². The standard InChI is InChI=1S/C21H24N6O3/c1-27-9-7-14(8-10-27)13-3-5-15(6-4-13)24-21-23-11-16-18(28)17(20(29)26-30-2)12-22-19(16)25-21/h3-6,11-12,14H,7-10H2,1-2H3,(H,26,29)(H2,22,23,24,25,28). The number of anilines is 2. The Kier molecular flexibility index (Phi) is 5.73. The first-order valence-corrected chi connectivity index (χ1v) is 9.82. The van der Waals surface area contributed by atoms with Crippen molar-refractivity contribution in [2.75, 3.05) is 32.6 Å². The van der Waals surface area contributed by atoms with Crippen LogP contribution in [0.3, 0.4) is 0 Å². The largest absolute Gasteiger partial charge is 0.345 e. The molecule has 0 unspecified atom stereocenters. The highest BCUT2D eigenvalue weighted by Crippen LogP contribution is 2.28. The van der Waals surface area contributed by atoms with E-state index in [0.29, 0.717) is 17.5 Å². The van der Waals surface area contributed by atoms with Gasteiger partial charge in [-0.2, -0.15) is 4.98 Å². The van der Waals surface area contributed by atoms with Crippen LogP contribution in [0.25, 0.3) is 11.0 Å². The summed E-state index contributed by atoms with van der Waals surface area (Å²) in [6.45, 7) is 2.26. The van der Waals surface area contributed by atoms with Crippen LogP contribution < -0.4 is 16.2 Å². The molecule has 0 aliphatic carbocycles. The van der Waals surface area contributed by atoms with Crippen LogP contribution in [0.2, 0.25) is 0 Å². The Labute approximate surface area is 173 Å². The highest BCUT2D eigenvalue weighted by Gasteiger charge is 2.18. The van der Waals surface area contributed by atoms with Crippen molar-refractivity contribution in [1.29, 1.82) is 0 Å². The van der Waals surface area contributed by atoms with Crippen LogP contribution in [0, 0.1) is 0 Å². The highest BCUT2D eigenvalue weighted by atomic mass is 16.6. The van der Waals surface area contributed by atoms with Gasteiger partial charge in [-0.05, 0) is 56.6 Å². The van der Waals surface area contributed by atoms with Crippen molar-refractivity contribution in [3.8, 4) is 0 Å². The minimum Gasteiger partial charge on any atom is -0.345 e. The Balaban J connectivity index is 1.50. The zero-order chi connectivity index (χ0) is 21.1. The lowest BCUT2D eigenvalue weighted by Crippen LogP contribution is -2.29. The van der Waals surface area contributed by atoms with Crippen LogP contribution in [0.4, 0.5) is 11.6 Å². The van der Waals surface area contributed by atoms with E-state index in [0.717, 1.165) is 18.8 Å². The van der Waals surface area contributed by atoms with Gasteiger partial charge in [-0.3, -0.25) is 14.4 Å². The number of fused-ring (bicyclic) bond motifs is 1. The zero-order valence-corrected chi connectivity index (χ0v) is 16.9. The van der Waals surface area contributed by atoms with Crippen LogP contribution in [-0.2, 0) is 4.84 Å². The molecule has 1 aliphatic heterocycles. The monoisotopic (exact) mass is 408 g/mol. The van der Waals surface area contributed by atoms with E-state index in [-0.39, 0.29) is 10.9 Å². The summed E-state index contributed by atoms with van der Waals surface area (Å²) < 4.78 is 0. The lowest BCUT2D eigenvalue weighted by atomic mass is 9.89. The number of H-pyrrole nitrogens is 1. The number of nitrogens with one attached hydrogen (secondary N) is 3. The van der Waals surface area contributed by atoms with Gasteiger partial charge < -0.3 is 15.2 Å². The summed E-state index contributed by atoms with van der Waals surface area (Å²) in [6.07, 6.45) is 5.07. The van der Waals surface area contributed by atoms with E-state index in [2.05, 4.69) is 54.7 Å². The molecule has 1 amide bonds. The predicted octanol–water partition coefficient (Wildman–Crippen LogP) is 2.16. The molecule has 0 radical (unpaired) electrons. The number of hydrogen-bond acceptors (Lipinski definition) is 7. The number of piperidine rings is 1. The third-order valence-electron chi connectivity index (χ3n) is 5.43. The summed E-state index contributed by atoms with van der Waals surface area (Å²) in [4.78, 5) is 42.7. The maximum Gasteiger partial charge on any atom is 0.280 e. The van der Waals surface area contributed by atoms with E-state index in [1.165, 1.54) is 37.9 Å². The molecule has 0 saturated carbocycles. The molecule has 2 aromatic heterocycles.